The predicted molar refractivity (Wildman–Crippen MR) is 135 cm³/mol. The Hall–Kier alpha value is -1.54. The molecule has 0 heterocycles. The summed E-state index contributed by atoms with van der Waals surface area (Å²) in [6.07, 6.45) is 17.1. The van der Waals surface area contributed by atoms with Gasteiger partial charge in [-0.3, -0.25) is 14.4 Å². The molecule has 3 N–H and O–H groups in total. The molecule has 2 unspecified atom stereocenters. The van der Waals surface area contributed by atoms with Crippen LogP contribution in [0.3, 0.4) is 0 Å². The number of aliphatic carboxylic acids is 2. The first kappa shape index (κ1) is 31.5. The van der Waals surface area contributed by atoms with Crippen LogP contribution in [0.25, 0.3) is 0 Å². The number of unbranched alkanes of at least 4 members (excludes halogenated alkanes) is 10. The van der Waals surface area contributed by atoms with E-state index in [0.29, 0.717) is 5.75 Å². The summed E-state index contributed by atoms with van der Waals surface area (Å²) in [5.74, 6) is -1.84. The summed E-state index contributed by atoms with van der Waals surface area (Å²) in [6, 6.07) is 0. The van der Waals surface area contributed by atoms with E-state index in [2.05, 4.69) is 6.92 Å². The zero-order valence-electron chi connectivity index (χ0n) is 20.5. The van der Waals surface area contributed by atoms with E-state index in [9.17, 15) is 19.5 Å². The van der Waals surface area contributed by atoms with E-state index in [1.54, 1.807) is 0 Å². The molecule has 0 bridgehead atoms. The Morgan fingerprint density at radius 3 is 2.00 bits per heavy atom. The van der Waals surface area contributed by atoms with Crippen molar-refractivity contribution in [3.05, 3.63) is 12.2 Å². The molecule has 0 fully saturated rings. The lowest BCUT2D eigenvalue weighted by Gasteiger charge is -2.20. The third-order valence-corrected chi connectivity index (χ3v) is 6.80. The summed E-state index contributed by atoms with van der Waals surface area (Å²) in [7, 11) is 1.45. The molecule has 0 aliphatic carbocycles. The van der Waals surface area contributed by atoms with E-state index in [-0.39, 0.29) is 37.0 Å². The van der Waals surface area contributed by atoms with Gasteiger partial charge in [0.25, 0.3) is 0 Å². The molecule has 0 radical (unpaired) electrons. The number of allylic oxidation sites excluding steroid dienone is 1. The largest absolute Gasteiger partial charge is 0.481 e. The van der Waals surface area contributed by atoms with Crippen molar-refractivity contribution >= 4 is 29.6 Å². The standard InChI is InChI=1S/C25H45NO6S/c1-3-4-5-6-7-8-9-10-11-12-13-14-15-22(21(27)16-17-24(29)30)33-19-18-23(28)26(2)20-25(31)32/h14-15,21-22,27H,3-13,16-20H2,1-2H3,(H,29,30)(H,31,32)/b15-14-. The van der Waals surface area contributed by atoms with E-state index >= 15 is 0 Å². The van der Waals surface area contributed by atoms with Crippen molar-refractivity contribution in [2.75, 3.05) is 19.3 Å². The third-order valence-electron chi connectivity index (χ3n) is 5.51. The SMILES string of the molecule is CCCCCCCCCCCC/C=C\C(SCCC(=O)N(C)CC(=O)O)C(O)CCC(=O)O. The average Bonchev–Trinajstić information content (AvgIpc) is 2.76. The number of aliphatic hydroxyl groups is 1. The topological polar surface area (TPSA) is 115 Å². The molecule has 1 amide bonds. The first-order valence-electron chi connectivity index (χ1n) is 12.4. The maximum Gasteiger partial charge on any atom is 0.323 e. The second-order valence-corrected chi connectivity index (χ2v) is 9.91. The molecule has 0 rings (SSSR count). The van der Waals surface area contributed by atoms with Crippen molar-refractivity contribution in [2.24, 2.45) is 0 Å². The highest BCUT2D eigenvalue weighted by Gasteiger charge is 2.19. The van der Waals surface area contributed by atoms with Gasteiger partial charge in [-0.05, 0) is 19.3 Å². The quantitative estimate of drug-likeness (QED) is 0.143. The number of carboxylic acid groups (broad SMARTS) is 2. The highest BCUT2D eigenvalue weighted by atomic mass is 32.2. The molecule has 33 heavy (non-hydrogen) atoms. The molecule has 0 spiro atoms. The number of carbonyl (C=O) groups is 3. The maximum atomic E-state index is 12.0. The Morgan fingerprint density at radius 2 is 1.45 bits per heavy atom. The van der Waals surface area contributed by atoms with E-state index in [1.807, 2.05) is 12.2 Å². The molecule has 7 nitrogen and oxygen atoms in total. The van der Waals surface area contributed by atoms with E-state index in [4.69, 9.17) is 10.2 Å². The van der Waals surface area contributed by atoms with Crippen LogP contribution in [-0.2, 0) is 14.4 Å². The van der Waals surface area contributed by atoms with Gasteiger partial charge in [-0.1, -0.05) is 76.9 Å². The van der Waals surface area contributed by atoms with Crippen LogP contribution in [0, 0.1) is 0 Å². The van der Waals surface area contributed by atoms with Crippen molar-refractivity contribution in [1.82, 2.24) is 4.90 Å². The molecule has 0 aliphatic heterocycles. The van der Waals surface area contributed by atoms with Gasteiger partial charge in [0.2, 0.25) is 5.91 Å². The van der Waals surface area contributed by atoms with Crippen LogP contribution in [-0.4, -0.2) is 68.8 Å². The Kier molecular flexibility index (Phi) is 20.0. The zero-order valence-corrected chi connectivity index (χ0v) is 21.4. The Labute approximate surface area is 204 Å². The number of carboxylic acids is 2. The van der Waals surface area contributed by atoms with Gasteiger partial charge in [0, 0.05) is 30.9 Å². The molecule has 0 aliphatic rings. The lowest BCUT2D eigenvalue weighted by Crippen LogP contribution is -2.32. The number of carbonyl (C=O) groups excluding carboxylic acids is 1. The fourth-order valence-corrected chi connectivity index (χ4v) is 4.62. The fraction of sp³-hybridized carbons (Fsp3) is 0.800. The van der Waals surface area contributed by atoms with Crippen molar-refractivity contribution < 1.29 is 29.7 Å². The molecule has 0 aromatic rings. The van der Waals surface area contributed by atoms with Gasteiger partial charge in [0.05, 0.1) is 6.10 Å². The van der Waals surface area contributed by atoms with Crippen molar-refractivity contribution in [3.63, 3.8) is 0 Å². The minimum Gasteiger partial charge on any atom is -0.481 e. The van der Waals surface area contributed by atoms with Gasteiger partial charge in [-0.2, -0.15) is 11.8 Å². The van der Waals surface area contributed by atoms with Crippen LogP contribution in [0.5, 0.6) is 0 Å². The van der Waals surface area contributed by atoms with Crippen LogP contribution in [0.1, 0.15) is 96.8 Å². The van der Waals surface area contributed by atoms with E-state index in [1.165, 1.54) is 81.5 Å². The van der Waals surface area contributed by atoms with Crippen molar-refractivity contribution in [2.45, 2.75) is 108 Å². The third kappa shape index (κ3) is 19.6. The van der Waals surface area contributed by atoms with Gasteiger partial charge in [-0.25, -0.2) is 0 Å². The van der Waals surface area contributed by atoms with Gasteiger partial charge in [0.15, 0.2) is 0 Å². The van der Waals surface area contributed by atoms with Crippen LogP contribution < -0.4 is 0 Å². The summed E-state index contributed by atoms with van der Waals surface area (Å²) in [5, 5.41) is 27.8. The minimum absolute atomic E-state index is 0.106. The molecule has 192 valence electrons. The lowest BCUT2D eigenvalue weighted by atomic mass is 10.1. The molecule has 2 atom stereocenters. The maximum absolute atomic E-state index is 12.0. The van der Waals surface area contributed by atoms with Crippen LogP contribution in [0.2, 0.25) is 0 Å². The number of hydrogen-bond donors (Lipinski definition) is 3. The molecule has 0 saturated carbocycles. The van der Waals surface area contributed by atoms with Gasteiger partial charge in [-0.15, -0.1) is 0 Å². The number of thioether (sulfide) groups is 1. The zero-order chi connectivity index (χ0) is 24.9. The normalized spacial score (nSPS) is 13.2. The molecular formula is C25H45NO6S. The monoisotopic (exact) mass is 487 g/mol. The average molecular weight is 488 g/mol. The Morgan fingerprint density at radius 1 is 0.879 bits per heavy atom. The first-order valence-corrected chi connectivity index (χ1v) is 13.5. The number of nitrogens with zero attached hydrogens (tertiary/aromatic N) is 1. The highest BCUT2D eigenvalue weighted by molar-refractivity contribution is 8.00. The van der Waals surface area contributed by atoms with Gasteiger partial charge in [0.1, 0.15) is 6.54 Å². The number of aliphatic hydroxyl groups excluding tert-OH is 1. The second kappa shape index (κ2) is 21.0. The minimum atomic E-state index is -1.06. The first-order chi connectivity index (χ1) is 15.8. The lowest BCUT2D eigenvalue weighted by molar-refractivity contribution is -0.143. The molecule has 0 saturated heterocycles. The van der Waals surface area contributed by atoms with Gasteiger partial charge < -0.3 is 20.2 Å². The molecular weight excluding hydrogens is 442 g/mol. The summed E-state index contributed by atoms with van der Waals surface area (Å²) in [6.45, 7) is 1.89. The second-order valence-electron chi connectivity index (χ2n) is 8.63. The number of amides is 1. The Balaban J connectivity index is 4.28. The van der Waals surface area contributed by atoms with Gasteiger partial charge >= 0.3 is 11.9 Å². The number of rotatable bonds is 22. The van der Waals surface area contributed by atoms with Crippen molar-refractivity contribution in [1.29, 1.82) is 0 Å². The Bertz CT molecular complexity index is 569. The fourth-order valence-electron chi connectivity index (χ4n) is 3.47. The molecule has 8 heteroatoms. The number of hydrogen-bond acceptors (Lipinski definition) is 5. The van der Waals surface area contributed by atoms with E-state index in [0.717, 1.165) is 12.8 Å². The molecule has 0 aromatic carbocycles. The smallest absolute Gasteiger partial charge is 0.323 e. The highest BCUT2D eigenvalue weighted by Crippen LogP contribution is 2.22. The van der Waals surface area contributed by atoms with Crippen LogP contribution in [0.4, 0.5) is 0 Å². The van der Waals surface area contributed by atoms with Crippen LogP contribution in [0.15, 0.2) is 12.2 Å². The summed E-state index contributed by atoms with van der Waals surface area (Å²) in [5.41, 5.74) is 0. The van der Waals surface area contributed by atoms with Crippen molar-refractivity contribution in [3.8, 4) is 0 Å². The predicted octanol–water partition coefficient (Wildman–Crippen LogP) is 5.11. The number of likely N-dealkylation sites (N-methyl/N-ethyl adjacent to an activating group) is 1. The molecule has 0 aromatic heterocycles. The van der Waals surface area contributed by atoms with E-state index < -0.39 is 18.0 Å². The van der Waals surface area contributed by atoms with Crippen LogP contribution >= 0.6 is 11.8 Å². The summed E-state index contributed by atoms with van der Waals surface area (Å²) in [4.78, 5) is 34.7. The summed E-state index contributed by atoms with van der Waals surface area (Å²) >= 11 is 1.40. The summed E-state index contributed by atoms with van der Waals surface area (Å²) < 4.78 is 0.